The Bertz CT molecular complexity index is 681. The van der Waals surface area contributed by atoms with Crippen molar-refractivity contribution in [3.63, 3.8) is 0 Å². The monoisotopic (exact) mass is 532 g/mol. The first kappa shape index (κ1) is 25.0. The lowest BCUT2D eigenvalue weighted by Crippen LogP contribution is -2.44. The number of methoxy groups -OCH3 is 2. The number of unbranched alkanes of at least 4 members (excludes halogenated alkanes) is 1. The predicted molar refractivity (Wildman–Crippen MR) is 132 cm³/mol. The minimum Gasteiger partial charge on any atom is -0.493 e. The molecule has 0 spiro atoms. The van der Waals surface area contributed by atoms with Crippen LogP contribution in [0.3, 0.4) is 0 Å². The van der Waals surface area contributed by atoms with Gasteiger partial charge in [-0.1, -0.05) is 0 Å². The first-order chi connectivity index (χ1) is 14.2. The summed E-state index contributed by atoms with van der Waals surface area (Å²) in [7, 11) is 3.38. The Morgan fingerprint density at radius 2 is 1.77 bits per heavy atom. The highest BCUT2D eigenvalue weighted by Gasteiger charge is 2.21. The van der Waals surface area contributed by atoms with Crippen molar-refractivity contribution in [3.05, 3.63) is 23.3 Å². The molecule has 0 saturated carbocycles. The fourth-order valence-corrected chi connectivity index (χ4v) is 3.95. The lowest BCUT2D eigenvalue weighted by Gasteiger charge is -2.32. The van der Waals surface area contributed by atoms with Crippen LogP contribution in [0.1, 0.15) is 30.9 Å². The molecule has 0 aromatic heterocycles. The van der Waals surface area contributed by atoms with Crippen LogP contribution in [-0.2, 0) is 17.7 Å². The van der Waals surface area contributed by atoms with Crippen molar-refractivity contribution in [1.82, 2.24) is 15.1 Å². The Morgan fingerprint density at radius 3 is 2.43 bits per heavy atom. The van der Waals surface area contributed by atoms with Crippen LogP contribution >= 0.6 is 24.0 Å². The van der Waals surface area contributed by atoms with Crippen LogP contribution in [0.4, 0.5) is 0 Å². The normalized spacial score (nSPS) is 17.2. The smallest absolute Gasteiger partial charge is 0.194 e. The van der Waals surface area contributed by atoms with Gasteiger partial charge < -0.3 is 24.4 Å². The lowest BCUT2D eigenvalue weighted by atomic mass is 9.99. The fraction of sp³-hybridized carbons (Fsp3) is 0.682. The topological polar surface area (TPSA) is 58.6 Å². The first-order valence-electron chi connectivity index (χ1n) is 10.8. The molecular weight excluding hydrogens is 495 g/mol. The highest BCUT2D eigenvalue weighted by atomic mass is 127. The summed E-state index contributed by atoms with van der Waals surface area (Å²) in [5.74, 6) is 2.61. The van der Waals surface area contributed by atoms with Crippen LogP contribution in [-0.4, -0.2) is 82.5 Å². The third kappa shape index (κ3) is 6.88. The van der Waals surface area contributed by atoms with E-state index in [1.54, 1.807) is 14.2 Å². The van der Waals surface area contributed by atoms with Gasteiger partial charge in [0.2, 0.25) is 0 Å². The van der Waals surface area contributed by atoms with Crippen LogP contribution in [0, 0.1) is 0 Å². The highest BCUT2D eigenvalue weighted by Crippen LogP contribution is 2.33. The molecule has 0 amide bonds. The second-order valence-electron chi connectivity index (χ2n) is 7.54. The maximum Gasteiger partial charge on any atom is 0.194 e. The summed E-state index contributed by atoms with van der Waals surface area (Å²) in [6, 6.07) is 4.22. The standard InChI is InChI=1S/C22H36N4O3.HI/c1-4-23-22(24-8-5-6-9-25-11-13-29-14-12-25)26-10-7-18-15-20(27-2)21(28-3)16-19(18)17-26;/h15-16H,4-14,17H2,1-3H3,(H,23,24);1H. The average molecular weight is 532 g/mol. The van der Waals surface area contributed by atoms with Crippen LogP contribution in [0.2, 0.25) is 0 Å². The molecule has 2 aliphatic heterocycles. The Labute approximate surface area is 198 Å². The van der Waals surface area contributed by atoms with Gasteiger partial charge in [0.15, 0.2) is 17.5 Å². The Balaban J connectivity index is 0.00000320. The number of nitrogens with zero attached hydrogens (tertiary/aromatic N) is 3. The number of rotatable bonds is 8. The van der Waals surface area contributed by atoms with E-state index >= 15 is 0 Å². The molecule has 30 heavy (non-hydrogen) atoms. The second kappa shape index (κ2) is 13.2. The summed E-state index contributed by atoms with van der Waals surface area (Å²) in [5, 5.41) is 3.47. The van der Waals surface area contributed by atoms with Gasteiger partial charge in [-0.25, -0.2) is 0 Å². The molecule has 170 valence electrons. The molecule has 0 unspecified atom stereocenters. The molecule has 0 radical (unpaired) electrons. The van der Waals surface area contributed by atoms with Gasteiger partial charge in [-0.3, -0.25) is 9.89 Å². The number of hydrogen-bond acceptors (Lipinski definition) is 5. The SMILES string of the molecule is CCNC(=NCCCCN1CCOCC1)N1CCc2cc(OC)c(OC)cc2C1.I. The van der Waals surface area contributed by atoms with Gasteiger partial charge in [0, 0.05) is 39.3 Å². The molecule has 2 heterocycles. The van der Waals surface area contributed by atoms with Gasteiger partial charge in [0.05, 0.1) is 27.4 Å². The predicted octanol–water partition coefficient (Wildman–Crippen LogP) is 2.76. The highest BCUT2D eigenvalue weighted by molar-refractivity contribution is 14.0. The third-order valence-corrected chi connectivity index (χ3v) is 5.60. The van der Waals surface area contributed by atoms with E-state index in [2.05, 4.69) is 34.2 Å². The van der Waals surface area contributed by atoms with E-state index < -0.39 is 0 Å². The number of morpholine rings is 1. The minimum absolute atomic E-state index is 0. The largest absolute Gasteiger partial charge is 0.493 e. The zero-order chi connectivity index (χ0) is 20.5. The molecule has 0 bridgehead atoms. The van der Waals surface area contributed by atoms with E-state index in [1.165, 1.54) is 17.5 Å². The molecule has 1 aromatic rings. The second-order valence-corrected chi connectivity index (χ2v) is 7.54. The van der Waals surface area contributed by atoms with Crippen LogP contribution in [0.5, 0.6) is 11.5 Å². The van der Waals surface area contributed by atoms with Gasteiger partial charge in [0.1, 0.15) is 0 Å². The number of ether oxygens (including phenoxy) is 3. The van der Waals surface area contributed by atoms with Crippen molar-refractivity contribution in [2.75, 3.05) is 66.7 Å². The molecule has 3 rings (SSSR count). The molecule has 7 nitrogen and oxygen atoms in total. The van der Waals surface area contributed by atoms with Crippen molar-refractivity contribution in [1.29, 1.82) is 0 Å². The summed E-state index contributed by atoms with van der Waals surface area (Å²) in [6.45, 7) is 10.7. The van der Waals surface area contributed by atoms with E-state index in [0.29, 0.717) is 0 Å². The van der Waals surface area contributed by atoms with E-state index in [1.807, 2.05) is 0 Å². The number of nitrogens with one attached hydrogen (secondary N) is 1. The van der Waals surface area contributed by atoms with Gasteiger partial charge >= 0.3 is 0 Å². The summed E-state index contributed by atoms with van der Waals surface area (Å²) in [4.78, 5) is 9.74. The van der Waals surface area contributed by atoms with Crippen LogP contribution in [0.15, 0.2) is 17.1 Å². The van der Waals surface area contributed by atoms with Gasteiger partial charge in [-0.15, -0.1) is 24.0 Å². The van der Waals surface area contributed by atoms with E-state index in [-0.39, 0.29) is 24.0 Å². The zero-order valence-corrected chi connectivity index (χ0v) is 20.9. The molecular formula is C22H37IN4O3. The molecule has 1 fully saturated rings. The van der Waals surface area contributed by atoms with Crippen molar-refractivity contribution in [3.8, 4) is 11.5 Å². The van der Waals surface area contributed by atoms with Gasteiger partial charge in [0.25, 0.3) is 0 Å². The Hall–Kier alpha value is -1.26. The minimum atomic E-state index is 0. The number of aliphatic imine (C=N–C) groups is 1. The molecule has 8 heteroatoms. The van der Waals surface area contributed by atoms with E-state index in [4.69, 9.17) is 19.2 Å². The van der Waals surface area contributed by atoms with Crippen molar-refractivity contribution in [2.45, 2.75) is 32.7 Å². The van der Waals surface area contributed by atoms with Crippen LogP contribution < -0.4 is 14.8 Å². The quantitative estimate of drug-likeness (QED) is 0.241. The molecule has 1 N–H and O–H groups in total. The number of hydrogen-bond donors (Lipinski definition) is 1. The van der Waals surface area contributed by atoms with Gasteiger partial charge in [-0.2, -0.15) is 0 Å². The average Bonchev–Trinajstić information content (AvgIpc) is 2.77. The molecule has 1 saturated heterocycles. The van der Waals surface area contributed by atoms with Crippen molar-refractivity contribution in [2.24, 2.45) is 4.99 Å². The maximum atomic E-state index is 5.49. The van der Waals surface area contributed by atoms with Crippen molar-refractivity contribution >= 4 is 29.9 Å². The lowest BCUT2D eigenvalue weighted by molar-refractivity contribution is 0.0373. The Morgan fingerprint density at radius 1 is 1.07 bits per heavy atom. The van der Waals surface area contributed by atoms with Gasteiger partial charge in [-0.05, 0) is 56.0 Å². The maximum absolute atomic E-state index is 5.49. The molecule has 0 atom stereocenters. The zero-order valence-electron chi connectivity index (χ0n) is 18.6. The molecule has 0 aliphatic carbocycles. The summed E-state index contributed by atoms with van der Waals surface area (Å²) in [5.41, 5.74) is 2.62. The molecule has 2 aliphatic rings. The van der Waals surface area contributed by atoms with E-state index in [9.17, 15) is 0 Å². The number of fused-ring (bicyclic) bond motifs is 1. The third-order valence-electron chi connectivity index (χ3n) is 5.60. The summed E-state index contributed by atoms with van der Waals surface area (Å²) in [6.07, 6.45) is 3.28. The number of halogens is 1. The summed E-state index contributed by atoms with van der Waals surface area (Å²) >= 11 is 0. The Kier molecular flexibility index (Phi) is 11.0. The van der Waals surface area contributed by atoms with E-state index in [0.717, 1.165) is 89.3 Å². The number of benzene rings is 1. The first-order valence-corrected chi connectivity index (χ1v) is 10.8. The summed E-state index contributed by atoms with van der Waals surface area (Å²) < 4.78 is 16.3. The fourth-order valence-electron chi connectivity index (χ4n) is 3.95. The van der Waals surface area contributed by atoms with Crippen molar-refractivity contribution < 1.29 is 14.2 Å². The number of guanidine groups is 1. The van der Waals surface area contributed by atoms with Crippen LogP contribution in [0.25, 0.3) is 0 Å². The molecule has 1 aromatic carbocycles.